The third-order valence-electron chi connectivity index (χ3n) is 6.75. The maximum absolute atomic E-state index is 12.4. The predicted molar refractivity (Wildman–Crippen MR) is 155 cm³/mol. The van der Waals surface area contributed by atoms with E-state index in [1.54, 1.807) is 6.92 Å². The number of hydrogen-bond donors (Lipinski definition) is 0. The molecule has 0 saturated carbocycles. The Morgan fingerprint density at radius 1 is 0.769 bits per heavy atom. The highest BCUT2D eigenvalue weighted by atomic mass is 16.7. The minimum atomic E-state index is -0.593. The lowest BCUT2D eigenvalue weighted by molar-refractivity contribution is -0.0741. The van der Waals surface area contributed by atoms with Gasteiger partial charge in [-0.2, -0.15) is 0 Å². The predicted octanol–water partition coefficient (Wildman–Crippen LogP) is 8.14. The van der Waals surface area contributed by atoms with Gasteiger partial charge in [0.25, 0.3) is 0 Å². The Bertz CT molecular complexity index is 1290. The molecule has 2 atom stereocenters. The van der Waals surface area contributed by atoms with Crippen molar-refractivity contribution in [2.24, 2.45) is 0 Å². The fourth-order valence-corrected chi connectivity index (χ4v) is 4.42. The normalized spacial score (nSPS) is 12.4. The number of methoxy groups -OCH3 is 1. The van der Waals surface area contributed by atoms with Gasteiger partial charge in [-0.25, -0.2) is 4.79 Å². The second-order valence-electron chi connectivity index (χ2n) is 9.38. The van der Waals surface area contributed by atoms with Gasteiger partial charge < -0.3 is 18.9 Å². The van der Waals surface area contributed by atoms with Gasteiger partial charge in [-0.05, 0) is 48.1 Å². The van der Waals surface area contributed by atoms with E-state index >= 15 is 0 Å². The highest BCUT2D eigenvalue weighted by Gasteiger charge is 2.18. The van der Waals surface area contributed by atoms with Crippen molar-refractivity contribution in [2.45, 2.75) is 39.4 Å². The first-order chi connectivity index (χ1) is 19.0. The SMILES string of the molecule is CCC(C)c1ccc(OC(C)OCCOc2c(-c3ccccc3)cccc2-c2ccccc2)c(C(=O)OC)c1. The summed E-state index contributed by atoms with van der Waals surface area (Å²) in [5.74, 6) is 1.13. The molecule has 0 aliphatic rings. The maximum Gasteiger partial charge on any atom is 0.341 e. The van der Waals surface area contributed by atoms with Crippen LogP contribution in [0.5, 0.6) is 11.5 Å². The van der Waals surface area contributed by atoms with Crippen molar-refractivity contribution < 1.29 is 23.7 Å². The van der Waals surface area contributed by atoms with Gasteiger partial charge in [0.2, 0.25) is 0 Å². The van der Waals surface area contributed by atoms with E-state index < -0.39 is 12.3 Å². The first-order valence-electron chi connectivity index (χ1n) is 13.4. The fraction of sp³-hybridized carbons (Fsp3) is 0.265. The number of carbonyl (C=O) groups excluding carboxylic acids is 1. The van der Waals surface area contributed by atoms with Crippen LogP contribution in [0.3, 0.4) is 0 Å². The Labute approximate surface area is 231 Å². The number of benzene rings is 4. The molecule has 4 aromatic rings. The Morgan fingerprint density at radius 2 is 1.38 bits per heavy atom. The van der Waals surface area contributed by atoms with Crippen molar-refractivity contribution in [1.29, 1.82) is 0 Å². The van der Waals surface area contributed by atoms with Gasteiger partial charge in [-0.15, -0.1) is 0 Å². The maximum atomic E-state index is 12.4. The minimum Gasteiger partial charge on any atom is -0.490 e. The average molecular weight is 525 g/mol. The molecule has 0 fully saturated rings. The van der Waals surface area contributed by atoms with E-state index in [1.807, 2.05) is 54.6 Å². The van der Waals surface area contributed by atoms with Crippen LogP contribution in [0.1, 0.15) is 49.0 Å². The van der Waals surface area contributed by atoms with E-state index in [0.717, 1.165) is 40.0 Å². The molecule has 0 spiro atoms. The van der Waals surface area contributed by atoms with Gasteiger partial charge in [-0.1, -0.05) is 98.8 Å². The summed E-state index contributed by atoms with van der Waals surface area (Å²) in [6, 6.07) is 32.2. The summed E-state index contributed by atoms with van der Waals surface area (Å²) >= 11 is 0. The number of hydrogen-bond acceptors (Lipinski definition) is 5. The van der Waals surface area contributed by atoms with Crippen molar-refractivity contribution in [3.05, 3.63) is 108 Å². The van der Waals surface area contributed by atoms with E-state index in [1.165, 1.54) is 7.11 Å². The summed E-state index contributed by atoms with van der Waals surface area (Å²) in [4.78, 5) is 12.4. The Morgan fingerprint density at radius 3 is 1.95 bits per heavy atom. The van der Waals surface area contributed by atoms with Gasteiger partial charge >= 0.3 is 5.97 Å². The molecular formula is C34H36O5. The van der Waals surface area contributed by atoms with Crippen molar-refractivity contribution in [1.82, 2.24) is 0 Å². The molecule has 39 heavy (non-hydrogen) atoms. The van der Waals surface area contributed by atoms with E-state index in [-0.39, 0.29) is 0 Å². The molecule has 2 unspecified atom stereocenters. The van der Waals surface area contributed by atoms with Crippen LogP contribution >= 0.6 is 0 Å². The first-order valence-corrected chi connectivity index (χ1v) is 13.4. The first kappa shape index (κ1) is 27.9. The van der Waals surface area contributed by atoms with E-state index in [2.05, 4.69) is 56.3 Å². The van der Waals surface area contributed by atoms with Crippen LogP contribution in [-0.4, -0.2) is 32.6 Å². The van der Waals surface area contributed by atoms with Crippen LogP contribution in [0.25, 0.3) is 22.3 Å². The van der Waals surface area contributed by atoms with Gasteiger partial charge in [0.15, 0.2) is 6.29 Å². The van der Waals surface area contributed by atoms with Crippen LogP contribution in [0.15, 0.2) is 97.1 Å². The quantitative estimate of drug-likeness (QED) is 0.106. The van der Waals surface area contributed by atoms with Crippen molar-refractivity contribution in [3.63, 3.8) is 0 Å². The molecule has 0 saturated heterocycles. The summed E-state index contributed by atoms with van der Waals surface area (Å²) in [5, 5.41) is 0. The summed E-state index contributed by atoms with van der Waals surface area (Å²) in [5.41, 5.74) is 5.67. The van der Waals surface area contributed by atoms with Crippen molar-refractivity contribution in [3.8, 4) is 33.8 Å². The summed E-state index contributed by atoms with van der Waals surface area (Å²) in [7, 11) is 1.37. The Balaban J connectivity index is 1.46. The largest absolute Gasteiger partial charge is 0.490 e. The lowest BCUT2D eigenvalue weighted by Gasteiger charge is -2.20. The number of carbonyl (C=O) groups is 1. The third-order valence-corrected chi connectivity index (χ3v) is 6.75. The minimum absolute atomic E-state index is 0.303. The molecule has 0 aromatic heterocycles. The third kappa shape index (κ3) is 7.06. The van der Waals surface area contributed by atoms with Crippen molar-refractivity contribution in [2.75, 3.05) is 20.3 Å². The molecule has 0 radical (unpaired) electrons. The smallest absolute Gasteiger partial charge is 0.341 e. The van der Waals surface area contributed by atoms with Crippen LogP contribution in [-0.2, 0) is 9.47 Å². The monoisotopic (exact) mass is 524 g/mol. The molecule has 5 heteroatoms. The van der Waals surface area contributed by atoms with Crippen LogP contribution in [0.2, 0.25) is 0 Å². The van der Waals surface area contributed by atoms with Crippen LogP contribution in [0.4, 0.5) is 0 Å². The number of esters is 1. The van der Waals surface area contributed by atoms with Crippen LogP contribution in [0, 0.1) is 0 Å². The number of ether oxygens (including phenoxy) is 4. The topological polar surface area (TPSA) is 54.0 Å². The summed E-state index contributed by atoms with van der Waals surface area (Å²) in [6.45, 7) is 6.68. The molecule has 4 aromatic carbocycles. The second-order valence-corrected chi connectivity index (χ2v) is 9.38. The molecular weight excluding hydrogens is 488 g/mol. The van der Waals surface area contributed by atoms with E-state index in [9.17, 15) is 4.79 Å². The average Bonchev–Trinajstić information content (AvgIpc) is 2.99. The molecule has 0 heterocycles. The zero-order valence-corrected chi connectivity index (χ0v) is 23.1. The van der Waals surface area contributed by atoms with E-state index in [4.69, 9.17) is 18.9 Å². The van der Waals surface area contributed by atoms with E-state index in [0.29, 0.717) is 30.4 Å². The zero-order valence-electron chi connectivity index (χ0n) is 23.1. The molecule has 5 nitrogen and oxygen atoms in total. The second kappa shape index (κ2) is 13.6. The molecule has 202 valence electrons. The fourth-order valence-electron chi connectivity index (χ4n) is 4.42. The molecule has 0 aliphatic heterocycles. The Kier molecular flexibility index (Phi) is 9.76. The van der Waals surface area contributed by atoms with Crippen LogP contribution < -0.4 is 9.47 Å². The molecule has 0 N–H and O–H groups in total. The number of para-hydroxylation sites is 1. The molecule has 0 bridgehead atoms. The zero-order chi connectivity index (χ0) is 27.6. The van der Waals surface area contributed by atoms with Gasteiger partial charge in [0.05, 0.1) is 13.7 Å². The summed E-state index contributed by atoms with van der Waals surface area (Å²) in [6.07, 6.45) is 0.379. The molecule has 0 amide bonds. The lowest BCUT2D eigenvalue weighted by Crippen LogP contribution is -2.21. The highest BCUT2D eigenvalue weighted by molar-refractivity contribution is 5.92. The summed E-state index contributed by atoms with van der Waals surface area (Å²) < 4.78 is 23.3. The number of rotatable bonds is 12. The van der Waals surface area contributed by atoms with Gasteiger partial charge in [-0.3, -0.25) is 0 Å². The highest BCUT2D eigenvalue weighted by Crippen LogP contribution is 2.39. The lowest BCUT2D eigenvalue weighted by atomic mass is 9.96. The van der Waals surface area contributed by atoms with Gasteiger partial charge in [0, 0.05) is 11.1 Å². The molecule has 0 aliphatic carbocycles. The Hall–Kier alpha value is -4.09. The van der Waals surface area contributed by atoms with Gasteiger partial charge in [0.1, 0.15) is 23.7 Å². The van der Waals surface area contributed by atoms with Crippen molar-refractivity contribution >= 4 is 5.97 Å². The standard InChI is InChI=1S/C34H36O5/c1-5-24(2)28-19-20-32(31(23-28)34(35)36-4)39-25(3)37-21-22-38-33-29(26-13-8-6-9-14-26)17-12-18-30(33)27-15-10-7-11-16-27/h6-20,23-25H,5,21-22H2,1-4H3. The molecule has 4 rings (SSSR count).